The minimum absolute atomic E-state index is 0.0427. The van der Waals surface area contributed by atoms with Crippen LogP contribution in [-0.4, -0.2) is 30.1 Å². The highest BCUT2D eigenvalue weighted by molar-refractivity contribution is 5.78. The minimum Gasteiger partial charge on any atom is -0.342 e. The lowest BCUT2D eigenvalue weighted by Gasteiger charge is -2.29. The molecule has 1 heterocycles. The highest BCUT2D eigenvalue weighted by Gasteiger charge is 2.23. The normalized spacial score (nSPS) is 20.2. The van der Waals surface area contributed by atoms with Crippen molar-refractivity contribution in [2.45, 2.75) is 32.9 Å². The molecule has 1 fully saturated rings. The Morgan fingerprint density at radius 2 is 1.92 bits per heavy atom. The fourth-order valence-electron chi connectivity index (χ4n) is 1.43. The lowest BCUT2D eigenvalue weighted by Crippen LogP contribution is -2.41. The molecule has 1 aliphatic rings. The van der Waals surface area contributed by atoms with E-state index in [1.54, 1.807) is 4.90 Å². The number of alkyl halides is 1. The molecule has 0 bridgehead atoms. The molecule has 0 aromatic rings. The van der Waals surface area contributed by atoms with Crippen LogP contribution in [0.15, 0.2) is 0 Å². The molecule has 0 spiro atoms. The second kappa shape index (κ2) is 3.87. The van der Waals surface area contributed by atoms with Crippen LogP contribution in [0.2, 0.25) is 0 Å². The average Bonchev–Trinajstić information content (AvgIpc) is 2.04. The zero-order valence-corrected chi connectivity index (χ0v) is 7.72. The molecule has 70 valence electrons. The molecule has 1 rings (SSSR count). The van der Waals surface area contributed by atoms with Gasteiger partial charge in [-0.1, -0.05) is 13.8 Å². The molecule has 0 unspecified atom stereocenters. The van der Waals surface area contributed by atoms with Gasteiger partial charge in [-0.3, -0.25) is 4.79 Å². The second-order valence-corrected chi connectivity index (χ2v) is 3.65. The smallest absolute Gasteiger partial charge is 0.225 e. The third kappa shape index (κ3) is 2.19. The number of hydrogen-bond acceptors (Lipinski definition) is 1. The monoisotopic (exact) mass is 173 g/mol. The number of piperidine rings is 1. The van der Waals surface area contributed by atoms with Gasteiger partial charge in [-0.25, -0.2) is 4.39 Å². The van der Waals surface area contributed by atoms with E-state index in [9.17, 15) is 9.18 Å². The number of amides is 1. The van der Waals surface area contributed by atoms with Crippen LogP contribution in [0.1, 0.15) is 26.7 Å². The van der Waals surface area contributed by atoms with Crippen LogP contribution < -0.4 is 0 Å². The third-order valence-electron chi connectivity index (χ3n) is 2.23. The summed E-state index contributed by atoms with van der Waals surface area (Å²) < 4.78 is 12.7. The Morgan fingerprint density at radius 1 is 1.42 bits per heavy atom. The standard InChI is InChI=1S/C9H16FNO/c1-7(2)9(12)11-5-3-8(10)4-6-11/h7-8H,3-6H2,1-2H3. The van der Waals surface area contributed by atoms with Crippen LogP contribution in [0.4, 0.5) is 4.39 Å². The van der Waals surface area contributed by atoms with Crippen LogP contribution in [0.5, 0.6) is 0 Å². The topological polar surface area (TPSA) is 20.3 Å². The summed E-state index contributed by atoms with van der Waals surface area (Å²) >= 11 is 0. The van der Waals surface area contributed by atoms with Crippen LogP contribution in [0.3, 0.4) is 0 Å². The molecule has 1 saturated heterocycles. The Labute approximate surface area is 72.7 Å². The number of halogens is 1. The van der Waals surface area contributed by atoms with Crippen molar-refractivity contribution >= 4 is 5.91 Å². The maximum atomic E-state index is 12.7. The summed E-state index contributed by atoms with van der Waals surface area (Å²) in [6, 6.07) is 0. The molecule has 0 atom stereocenters. The molecule has 12 heavy (non-hydrogen) atoms. The first kappa shape index (κ1) is 9.49. The van der Waals surface area contributed by atoms with Crippen molar-refractivity contribution in [2.24, 2.45) is 5.92 Å². The predicted octanol–water partition coefficient (Wildman–Crippen LogP) is 1.60. The van der Waals surface area contributed by atoms with E-state index in [4.69, 9.17) is 0 Å². The van der Waals surface area contributed by atoms with Gasteiger partial charge in [0, 0.05) is 19.0 Å². The van der Waals surface area contributed by atoms with E-state index in [1.165, 1.54) is 0 Å². The molecule has 1 amide bonds. The summed E-state index contributed by atoms with van der Waals surface area (Å²) in [7, 11) is 0. The molecule has 3 heteroatoms. The van der Waals surface area contributed by atoms with E-state index in [-0.39, 0.29) is 11.8 Å². The summed E-state index contributed by atoms with van der Waals surface area (Å²) in [4.78, 5) is 13.2. The van der Waals surface area contributed by atoms with E-state index in [0.717, 1.165) is 0 Å². The van der Waals surface area contributed by atoms with Gasteiger partial charge in [0.25, 0.3) is 0 Å². The largest absolute Gasteiger partial charge is 0.342 e. The fourth-order valence-corrected chi connectivity index (χ4v) is 1.43. The van der Waals surface area contributed by atoms with E-state index < -0.39 is 6.17 Å². The molecule has 0 radical (unpaired) electrons. The van der Waals surface area contributed by atoms with Gasteiger partial charge in [-0.05, 0) is 12.8 Å². The summed E-state index contributed by atoms with van der Waals surface area (Å²) in [6.45, 7) is 4.95. The number of likely N-dealkylation sites (tertiary alicyclic amines) is 1. The Morgan fingerprint density at radius 3 is 2.33 bits per heavy atom. The highest BCUT2D eigenvalue weighted by Crippen LogP contribution is 2.15. The maximum Gasteiger partial charge on any atom is 0.225 e. The van der Waals surface area contributed by atoms with Gasteiger partial charge in [0.2, 0.25) is 5.91 Å². The van der Waals surface area contributed by atoms with Gasteiger partial charge < -0.3 is 4.90 Å². The van der Waals surface area contributed by atoms with Crippen molar-refractivity contribution in [3.63, 3.8) is 0 Å². The predicted molar refractivity (Wildman–Crippen MR) is 45.5 cm³/mol. The number of rotatable bonds is 1. The van der Waals surface area contributed by atoms with Gasteiger partial charge in [0.15, 0.2) is 0 Å². The van der Waals surface area contributed by atoms with Crippen molar-refractivity contribution in [2.75, 3.05) is 13.1 Å². The number of carbonyl (C=O) groups excluding carboxylic acids is 1. The molecule has 0 aromatic carbocycles. The van der Waals surface area contributed by atoms with Gasteiger partial charge >= 0.3 is 0 Å². The van der Waals surface area contributed by atoms with Crippen molar-refractivity contribution in [1.82, 2.24) is 4.90 Å². The van der Waals surface area contributed by atoms with Crippen LogP contribution in [0, 0.1) is 5.92 Å². The Hall–Kier alpha value is -0.600. The molecule has 0 aliphatic carbocycles. The molecule has 0 aromatic heterocycles. The Kier molecular flexibility index (Phi) is 3.06. The molecule has 0 saturated carbocycles. The zero-order valence-electron chi connectivity index (χ0n) is 7.72. The first-order valence-electron chi connectivity index (χ1n) is 4.54. The van der Waals surface area contributed by atoms with Crippen molar-refractivity contribution in [1.29, 1.82) is 0 Å². The highest BCUT2D eigenvalue weighted by atomic mass is 19.1. The third-order valence-corrected chi connectivity index (χ3v) is 2.23. The molecule has 0 N–H and O–H groups in total. The number of carbonyl (C=O) groups is 1. The lowest BCUT2D eigenvalue weighted by atomic mass is 10.1. The number of nitrogens with zero attached hydrogens (tertiary/aromatic N) is 1. The summed E-state index contributed by atoms with van der Waals surface area (Å²) in [5.41, 5.74) is 0. The molecule has 2 nitrogen and oxygen atoms in total. The van der Waals surface area contributed by atoms with Crippen molar-refractivity contribution < 1.29 is 9.18 Å². The SMILES string of the molecule is CC(C)C(=O)N1CCC(F)CC1. The Balaban J connectivity index is 2.39. The maximum absolute atomic E-state index is 12.7. The van der Waals surface area contributed by atoms with E-state index in [0.29, 0.717) is 25.9 Å². The summed E-state index contributed by atoms with van der Waals surface area (Å²) in [6.07, 6.45) is 0.331. The first-order valence-corrected chi connectivity index (χ1v) is 4.54. The van der Waals surface area contributed by atoms with Crippen LogP contribution >= 0.6 is 0 Å². The van der Waals surface area contributed by atoms with Crippen molar-refractivity contribution in [3.8, 4) is 0 Å². The number of hydrogen-bond donors (Lipinski definition) is 0. The van der Waals surface area contributed by atoms with E-state index in [2.05, 4.69) is 0 Å². The second-order valence-electron chi connectivity index (χ2n) is 3.65. The quantitative estimate of drug-likeness (QED) is 0.590. The summed E-state index contributed by atoms with van der Waals surface area (Å²) in [5.74, 6) is 0.197. The van der Waals surface area contributed by atoms with Crippen LogP contribution in [0.25, 0.3) is 0 Å². The minimum atomic E-state index is -0.693. The van der Waals surface area contributed by atoms with Crippen LogP contribution in [-0.2, 0) is 4.79 Å². The van der Waals surface area contributed by atoms with Gasteiger partial charge in [0.1, 0.15) is 6.17 Å². The van der Waals surface area contributed by atoms with E-state index >= 15 is 0 Å². The molecular weight excluding hydrogens is 157 g/mol. The average molecular weight is 173 g/mol. The summed E-state index contributed by atoms with van der Waals surface area (Å²) in [5, 5.41) is 0. The van der Waals surface area contributed by atoms with E-state index in [1.807, 2.05) is 13.8 Å². The van der Waals surface area contributed by atoms with Gasteiger partial charge in [-0.15, -0.1) is 0 Å². The van der Waals surface area contributed by atoms with Gasteiger partial charge in [0.05, 0.1) is 0 Å². The zero-order chi connectivity index (χ0) is 9.14. The van der Waals surface area contributed by atoms with Gasteiger partial charge in [-0.2, -0.15) is 0 Å². The Bertz CT molecular complexity index is 162. The van der Waals surface area contributed by atoms with Crippen molar-refractivity contribution in [3.05, 3.63) is 0 Å². The molecular formula is C9H16FNO. The first-order chi connectivity index (χ1) is 5.61. The fraction of sp³-hybridized carbons (Fsp3) is 0.889. The lowest BCUT2D eigenvalue weighted by molar-refractivity contribution is -0.135. The molecule has 1 aliphatic heterocycles.